The van der Waals surface area contributed by atoms with E-state index in [1.54, 1.807) is 23.1 Å². The first kappa shape index (κ1) is 15.9. The minimum atomic E-state index is -0.510. The molecule has 2 aliphatic heterocycles. The molecule has 0 radical (unpaired) electrons. The van der Waals surface area contributed by atoms with Crippen LogP contribution in [0.3, 0.4) is 0 Å². The van der Waals surface area contributed by atoms with Crippen LogP contribution in [-0.4, -0.2) is 33.7 Å². The smallest absolute Gasteiger partial charge is 0.267 e. The second-order valence-electron chi connectivity index (χ2n) is 5.88. The van der Waals surface area contributed by atoms with Gasteiger partial charge in [0, 0.05) is 31.5 Å². The molecule has 0 aliphatic carbocycles. The molecule has 2 aliphatic rings. The molecule has 0 spiro atoms. The highest BCUT2D eigenvalue weighted by molar-refractivity contribution is 7.99. The molecule has 3 heterocycles. The molecule has 0 atom stereocenters. The van der Waals surface area contributed by atoms with Crippen molar-refractivity contribution in [3.63, 3.8) is 0 Å². The molecule has 0 saturated carbocycles. The van der Waals surface area contributed by atoms with Crippen molar-refractivity contribution in [3.8, 4) is 0 Å². The SMILES string of the molecule is O=C(Nc1ccccc1N1CCCC1=O)c1cnc2n(c1=O)CCS2. The first-order chi connectivity index (χ1) is 12.1. The van der Waals surface area contributed by atoms with Crippen molar-refractivity contribution in [2.75, 3.05) is 22.5 Å². The zero-order valence-electron chi connectivity index (χ0n) is 13.4. The number of hydrogen-bond donors (Lipinski definition) is 1. The summed E-state index contributed by atoms with van der Waals surface area (Å²) in [5.41, 5.74) is 0.848. The fourth-order valence-corrected chi connectivity index (χ4v) is 3.99. The Bertz CT molecular complexity index is 924. The van der Waals surface area contributed by atoms with Crippen molar-refractivity contribution in [2.24, 2.45) is 0 Å². The van der Waals surface area contributed by atoms with Gasteiger partial charge in [0.1, 0.15) is 5.56 Å². The Labute approximate surface area is 148 Å². The number of thioether (sulfide) groups is 1. The Morgan fingerprint density at radius 1 is 1.20 bits per heavy atom. The zero-order chi connectivity index (χ0) is 17.4. The van der Waals surface area contributed by atoms with Crippen LogP contribution < -0.4 is 15.8 Å². The van der Waals surface area contributed by atoms with Gasteiger partial charge in [0.2, 0.25) is 5.91 Å². The van der Waals surface area contributed by atoms with Crippen molar-refractivity contribution in [3.05, 3.63) is 46.4 Å². The Kier molecular flexibility index (Phi) is 4.04. The van der Waals surface area contributed by atoms with Crippen LogP contribution in [0.4, 0.5) is 11.4 Å². The van der Waals surface area contributed by atoms with Crippen LogP contribution in [0.25, 0.3) is 0 Å². The first-order valence-corrected chi connectivity index (χ1v) is 9.07. The van der Waals surface area contributed by atoms with Gasteiger partial charge < -0.3 is 10.2 Å². The Hall–Kier alpha value is -2.61. The third-order valence-electron chi connectivity index (χ3n) is 4.32. The second-order valence-corrected chi connectivity index (χ2v) is 6.94. The minimum Gasteiger partial charge on any atom is -0.320 e. The molecule has 1 saturated heterocycles. The fourth-order valence-electron chi connectivity index (χ4n) is 3.08. The van der Waals surface area contributed by atoms with Gasteiger partial charge in [-0.2, -0.15) is 0 Å². The van der Waals surface area contributed by atoms with Crippen LogP contribution in [-0.2, 0) is 11.3 Å². The maximum absolute atomic E-state index is 12.6. The monoisotopic (exact) mass is 356 g/mol. The predicted molar refractivity (Wildman–Crippen MR) is 95.2 cm³/mol. The lowest BCUT2D eigenvalue weighted by Gasteiger charge is -2.19. The summed E-state index contributed by atoms with van der Waals surface area (Å²) in [4.78, 5) is 43.0. The lowest BCUT2D eigenvalue weighted by Crippen LogP contribution is -2.30. The number of rotatable bonds is 3. The van der Waals surface area contributed by atoms with E-state index < -0.39 is 5.91 Å². The lowest BCUT2D eigenvalue weighted by atomic mass is 10.2. The van der Waals surface area contributed by atoms with Gasteiger partial charge in [0.25, 0.3) is 11.5 Å². The quantitative estimate of drug-likeness (QED) is 0.847. The summed E-state index contributed by atoms with van der Waals surface area (Å²) in [5, 5.41) is 3.41. The van der Waals surface area contributed by atoms with Crippen LogP contribution >= 0.6 is 11.8 Å². The molecule has 128 valence electrons. The molecule has 8 heteroatoms. The number of anilines is 2. The maximum Gasteiger partial charge on any atom is 0.267 e. The average molecular weight is 356 g/mol. The van der Waals surface area contributed by atoms with E-state index in [2.05, 4.69) is 10.3 Å². The van der Waals surface area contributed by atoms with E-state index in [1.165, 1.54) is 22.5 Å². The fraction of sp³-hybridized carbons (Fsp3) is 0.294. The number of nitrogens with zero attached hydrogens (tertiary/aromatic N) is 3. The molecule has 1 aromatic carbocycles. The third kappa shape index (κ3) is 2.82. The summed E-state index contributed by atoms with van der Waals surface area (Å²) in [6, 6.07) is 7.13. The van der Waals surface area contributed by atoms with E-state index in [1.807, 2.05) is 6.07 Å². The number of para-hydroxylation sites is 2. The average Bonchev–Trinajstić information content (AvgIpc) is 3.25. The van der Waals surface area contributed by atoms with Crippen molar-refractivity contribution in [2.45, 2.75) is 24.5 Å². The van der Waals surface area contributed by atoms with Gasteiger partial charge in [-0.25, -0.2) is 4.98 Å². The summed E-state index contributed by atoms with van der Waals surface area (Å²) >= 11 is 1.50. The molecular formula is C17H16N4O3S. The van der Waals surface area contributed by atoms with E-state index in [-0.39, 0.29) is 17.0 Å². The first-order valence-electron chi connectivity index (χ1n) is 8.08. The van der Waals surface area contributed by atoms with Crippen LogP contribution in [0.15, 0.2) is 40.4 Å². The molecular weight excluding hydrogens is 340 g/mol. The Morgan fingerprint density at radius 2 is 2.04 bits per heavy atom. The predicted octanol–water partition coefficient (Wildman–Crippen LogP) is 1.73. The molecule has 4 rings (SSSR count). The maximum atomic E-state index is 12.6. The number of aromatic nitrogens is 2. The van der Waals surface area contributed by atoms with Gasteiger partial charge in [-0.1, -0.05) is 23.9 Å². The molecule has 1 aromatic heterocycles. The zero-order valence-corrected chi connectivity index (χ0v) is 14.2. The van der Waals surface area contributed by atoms with Gasteiger partial charge in [0.15, 0.2) is 5.16 Å². The number of fused-ring (bicyclic) bond motifs is 1. The van der Waals surface area contributed by atoms with E-state index in [0.717, 1.165) is 12.2 Å². The molecule has 1 N–H and O–H groups in total. The Morgan fingerprint density at radius 3 is 2.84 bits per heavy atom. The molecule has 2 aromatic rings. The number of benzene rings is 1. The standard InChI is InChI=1S/C17H16N4O3S/c22-14-6-3-7-20(14)13-5-2-1-4-12(13)19-15(23)11-10-18-17-21(16(11)24)8-9-25-17/h1-2,4-5,10H,3,6-9H2,(H,19,23). The topological polar surface area (TPSA) is 84.3 Å². The van der Waals surface area contributed by atoms with Gasteiger partial charge in [-0.3, -0.25) is 19.0 Å². The lowest BCUT2D eigenvalue weighted by molar-refractivity contribution is -0.117. The molecule has 1 fully saturated rings. The van der Waals surface area contributed by atoms with Crippen LogP contribution in [0.1, 0.15) is 23.2 Å². The summed E-state index contributed by atoms with van der Waals surface area (Å²) in [5.74, 6) is 0.314. The van der Waals surface area contributed by atoms with Gasteiger partial charge >= 0.3 is 0 Å². The van der Waals surface area contributed by atoms with E-state index >= 15 is 0 Å². The normalized spacial score (nSPS) is 16.2. The summed E-state index contributed by atoms with van der Waals surface area (Å²) in [6.07, 6.45) is 2.64. The van der Waals surface area contributed by atoms with Gasteiger partial charge in [-0.05, 0) is 18.6 Å². The van der Waals surface area contributed by atoms with Gasteiger partial charge in [-0.15, -0.1) is 0 Å². The molecule has 2 amide bonds. The largest absolute Gasteiger partial charge is 0.320 e. The van der Waals surface area contributed by atoms with E-state index in [0.29, 0.717) is 36.0 Å². The van der Waals surface area contributed by atoms with E-state index in [4.69, 9.17) is 0 Å². The molecule has 0 unspecified atom stereocenters. The highest BCUT2D eigenvalue weighted by Gasteiger charge is 2.25. The summed E-state index contributed by atoms with van der Waals surface area (Å²) in [7, 11) is 0. The molecule has 0 bridgehead atoms. The number of nitrogens with one attached hydrogen (secondary N) is 1. The summed E-state index contributed by atoms with van der Waals surface area (Å²) < 4.78 is 1.52. The van der Waals surface area contributed by atoms with Crippen LogP contribution in [0, 0.1) is 0 Å². The van der Waals surface area contributed by atoms with Crippen molar-refractivity contribution >= 4 is 35.0 Å². The van der Waals surface area contributed by atoms with Crippen LogP contribution in [0.2, 0.25) is 0 Å². The second kappa shape index (κ2) is 6.36. The highest BCUT2D eigenvalue weighted by Crippen LogP contribution is 2.29. The number of amides is 2. The van der Waals surface area contributed by atoms with Crippen molar-refractivity contribution in [1.29, 1.82) is 0 Å². The number of hydrogen-bond acceptors (Lipinski definition) is 5. The third-order valence-corrected chi connectivity index (χ3v) is 5.29. The van der Waals surface area contributed by atoms with Gasteiger partial charge in [0.05, 0.1) is 11.4 Å². The number of carbonyl (C=O) groups is 2. The summed E-state index contributed by atoms with van der Waals surface area (Å²) in [6.45, 7) is 1.19. The molecule has 7 nitrogen and oxygen atoms in total. The van der Waals surface area contributed by atoms with Crippen molar-refractivity contribution in [1.82, 2.24) is 9.55 Å². The van der Waals surface area contributed by atoms with Crippen molar-refractivity contribution < 1.29 is 9.59 Å². The number of carbonyl (C=O) groups excluding carboxylic acids is 2. The van der Waals surface area contributed by atoms with Crippen LogP contribution in [0.5, 0.6) is 0 Å². The highest BCUT2D eigenvalue weighted by atomic mass is 32.2. The minimum absolute atomic E-state index is 0.00815. The van der Waals surface area contributed by atoms with E-state index in [9.17, 15) is 14.4 Å². The Balaban J connectivity index is 1.64. The molecule has 25 heavy (non-hydrogen) atoms.